The van der Waals surface area contributed by atoms with Crippen LogP contribution in [0, 0.1) is 5.92 Å². The summed E-state index contributed by atoms with van der Waals surface area (Å²) in [4.78, 5) is 16.3. The highest BCUT2D eigenvalue weighted by molar-refractivity contribution is 7.13. The molecule has 0 saturated heterocycles. The van der Waals surface area contributed by atoms with Gasteiger partial charge in [0.25, 0.3) is 0 Å². The summed E-state index contributed by atoms with van der Waals surface area (Å²) >= 11 is 1.57. The molecule has 0 fully saturated rings. The molecule has 1 aromatic carbocycles. The summed E-state index contributed by atoms with van der Waals surface area (Å²) in [5, 5.41) is 2.90. The predicted molar refractivity (Wildman–Crippen MR) is 81.4 cm³/mol. The lowest BCUT2D eigenvalue weighted by molar-refractivity contribution is -0.150. The van der Waals surface area contributed by atoms with Crippen molar-refractivity contribution in [3.8, 4) is 10.6 Å². The molecule has 3 nitrogen and oxygen atoms in total. The van der Waals surface area contributed by atoms with E-state index >= 15 is 0 Å². The smallest absolute Gasteiger partial charge is 0.309 e. The predicted octanol–water partition coefficient (Wildman–Crippen LogP) is 4.29. The summed E-state index contributed by atoms with van der Waals surface area (Å²) in [7, 11) is 0. The first-order chi connectivity index (χ1) is 9.74. The number of hydrogen-bond donors (Lipinski definition) is 0. The van der Waals surface area contributed by atoms with E-state index in [1.165, 1.54) is 0 Å². The molecule has 1 heterocycles. The number of carbonyl (C=O) groups is 1. The lowest BCUT2D eigenvalue weighted by atomic mass is 10.0. The standard InChI is InChI=1S/C16H19NO2S/c1-3-12(4-2)16(18)19-10-14-11-20-15(17-14)13-8-6-5-7-9-13/h5-9,11-12H,3-4,10H2,1-2H3. The van der Waals surface area contributed by atoms with Crippen molar-refractivity contribution >= 4 is 17.3 Å². The molecule has 20 heavy (non-hydrogen) atoms. The van der Waals surface area contributed by atoms with E-state index in [-0.39, 0.29) is 18.5 Å². The first kappa shape index (κ1) is 14.7. The molecule has 0 bridgehead atoms. The zero-order valence-corrected chi connectivity index (χ0v) is 12.7. The molecule has 0 saturated carbocycles. The fraction of sp³-hybridized carbons (Fsp3) is 0.375. The summed E-state index contributed by atoms with van der Waals surface area (Å²) in [5.74, 6) is -0.119. The van der Waals surface area contributed by atoms with Gasteiger partial charge in [-0.15, -0.1) is 11.3 Å². The average molecular weight is 289 g/mol. The Morgan fingerprint density at radius 2 is 1.95 bits per heavy atom. The number of carbonyl (C=O) groups excluding carboxylic acids is 1. The minimum absolute atomic E-state index is 0.00206. The zero-order valence-electron chi connectivity index (χ0n) is 11.8. The minimum Gasteiger partial charge on any atom is -0.459 e. The number of hydrogen-bond acceptors (Lipinski definition) is 4. The zero-order chi connectivity index (χ0) is 14.4. The molecule has 1 aromatic heterocycles. The van der Waals surface area contributed by atoms with Gasteiger partial charge < -0.3 is 4.74 Å². The van der Waals surface area contributed by atoms with Gasteiger partial charge >= 0.3 is 5.97 Å². The van der Waals surface area contributed by atoms with E-state index in [1.807, 2.05) is 49.6 Å². The SMILES string of the molecule is CCC(CC)C(=O)OCc1csc(-c2ccccc2)n1. The van der Waals surface area contributed by atoms with Crippen LogP contribution in [-0.2, 0) is 16.1 Å². The largest absolute Gasteiger partial charge is 0.459 e. The van der Waals surface area contributed by atoms with Crippen LogP contribution in [-0.4, -0.2) is 11.0 Å². The van der Waals surface area contributed by atoms with E-state index in [0.29, 0.717) is 0 Å². The molecule has 2 rings (SSSR count). The van der Waals surface area contributed by atoms with Crippen LogP contribution in [0.4, 0.5) is 0 Å². The molecule has 0 aliphatic rings. The third-order valence-corrected chi connectivity index (χ3v) is 4.19. The van der Waals surface area contributed by atoms with Crippen molar-refractivity contribution in [3.63, 3.8) is 0 Å². The van der Waals surface area contributed by atoms with Crippen LogP contribution in [0.25, 0.3) is 10.6 Å². The first-order valence-corrected chi connectivity index (χ1v) is 7.79. The van der Waals surface area contributed by atoms with Crippen LogP contribution >= 0.6 is 11.3 Å². The molecular weight excluding hydrogens is 270 g/mol. The summed E-state index contributed by atoms with van der Waals surface area (Å²) in [6, 6.07) is 10.0. The van der Waals surface area contributed by atoms with Crippen LogP contribution in [0.5, 0.6) is 0 Å². The van der Waals surface area contributed by atoms with Crippen molar-refractivity contribution in [2.75, 3.05) is 0 Å². The number of thiazole rings is 1. The molecule has 0 unspecified atom stereocenters. The van der Waals surface area contributed by atoms with E-state index in [2.05, 4.69) is 4.98 Å². The van der Waals surface area contributed by atoms with Gasteiger partial charge in [0.1, 0.15) is 11.6 Å². The number of aromatic nitrogens is 1. The van der Waals surface area contributed by atoms with Crippen molar-refractivity contribution < 1.29 is 9.53 Å². The van der Waals surface area contributed by atoms with E-state index in [4.69, 9.17) is 4.74 Å². The molecule has 0 aliphatic heterocycles. The van der Waals surface area contributed by atoms with Gasteiger partial charge in [0.2, 0.25) is 0 Å². The second-order valence-corrected chi connectivity index (χ2v) is 5.49. The average Bonchev–Trinajstić information content (AvgIpc) is 2.96. The lowest BCUT2D eigenvalue weighted by Gasteiger charge is -2.10. The van der Waals surface area contributed by atoms with Crippen molar-refractivity contribution in [2.45, 2.75) is 33.3 Å². The second-order valence-electron chi connectivity index (χ2n) is 4.63. The number of rotatable bonds is 6. The first-order valence-electron chi connectivity index (χ1n) is 6.91. The third kappa shape index (κ3) is 3.67. The van der Waals surface area contributed by atoms with Gasteiger partial charge in [-0.1, -0.05) is 44.2 Å². The van der Waals surface area contributed by atoms with Gasteiger partial charge in [0.05, 0.1) is 11.6 Å². The van der Waals surface area contributed by atoms with Crippen molar-refractivity contribution in [2.24, 2.45) is 5.92 Å². The number of ether oxygens (including phenoxy) is 1. The Labute approximate surface area is 123 Å². The molecule has 0 amide bonds. The van der Waals surface area contributed by atoms with E-state index in [0.717, 1.165) is 29.1 Å². The molecule has 0 atom stereocenters. The van der Waals surface area contributed by atoms with Gasteiger partial charge in [-0.05, 0) is 12.8 Å². The number of nitrogens with zero attached hydrogens (tertiary/aromatic N) is 1. The molecule has 0 radical (unpaired) electrons. The molecular formula is C16H19NO2S. The Morgan fingerprint density at radius 3 is 2.60 bits per heavy atom. The fourth-order valence-corrected chi connectivity index (χ4v) is 2.78. The van der Waals surface area contributed by atoms with Crippen LogP contribution in [0.2, 0.25) is 0 Å². The van der Waals surface area contributed by atoms with Gasteiger partial charge in [0, 0.05) is 10.9 Å². The maximum absolute atomic E-state index is 11.8. The Hall–Kier alpha value is -1.68. The third-order valence-electron chi connectivity index (χ3n) is 3.25. The Balaban J connectivity index is 1.95. The molecule has 0 N–H and O–H groups in total. The normalized spacial score (nSPS) is 10.8. The fourth-order valence-electron chi connectivity index (χ4n) is 1.97. The van der Waals surface area contributed by atoms with Crippen molar-refractivity contribution in [1.82, 2.24) is 4.98 Å². The Morgan fingerprint density at radius 1 is 1.25 bits per heavy atom. The topological polar surface area (TPSA) is 39.2 Å². The van der Waals surface area contributed by atoms with E-state index < -0.39 is 0 Å². The molecule has 4 heteroatoms. The number of benzene rings is 1. The van der Waals surface area contributed by atoms with Crippen molar-refractivity contribution in [1.29, 1.82) is 0 Å². The number of esters is 1. The summed E-state index contributed by atoms with van der Waals surface area (Å²) in [6.45, 7) is 4.27. The van der Waals surface area contributed by atoms with E-state index in [9.17, 15) is 4.79 Å². The Kier molecular flexibility index (Phi) is 5.30. The molecule has 2 aromatic rings. The molecule has 0 spiro atoms. The highest BCUT2D eigenvalue weighted by atomic mass is 32.1. The molecule has 0 aliphatic carbocycles. The summed E-state index contributed by atoms with van der Waals surface area (Å²) in [6.07, 6.45) is 1.64. The quantitative estimate of drug-likeness (QED) is 0.745. The highest BCUT2D eigenvalue weighted by Crippen LogP contribution is 2.23. The van der Waals surface area contributed by atoms with Crippen LogP contribution in [0.1, 0.15) is 32.4 Å². The van der Waals surface area contributed by atoms with Crippen LogP contribution in [0.3, 0.4) is 0 Å². The van der Waals surface area contributed by atoms with Crippen molar-refractivity contribution in [3.05, 3.63) is 41.4 Å². The maximum Gasteiger partial charge on any atom is 0.309 e. The second kappa shape index (κ2) is 7.20. The van der Waals surface area contributed by atoms with Crippen LogP contribution < -0.4 is 0 Å². The molecule has 106 valence electrons. The van der Waals surface area contributed by atoms with Gasteiger partial charge in [-0.3, -0.25) is 4.79 Å². The van der Waals surface area contributed by atoms with Crippen LogP contribution in [0.15, 0.2) is 35.7 Å². The van der Waals surface area contributed by atoms with Gasteiger partial charge in [-0.2, -0.15) is 0 Å². The highest BCUT2D eigenvalue weighted by Gasteiger charge is 2.16. The summed E-state index contributed by atoms with van der Waals surface area (Å²) < 4.78 is 5.33. The monoisotopic (exact) mass is 289 g/mol. The maximum atomic E-state index is 11.8. The van der Waals surface area contributed by atoms with Gasteiger partial charge in [-0.25, -0.2) is 4.98 Å². The lowest BCUT2D eigenvalue weighted by Crippen LogP contribution is -2.16. The minimum atomic E-state index is -0.121. The Bertz CT molecular complexity index is 547. The van der Waals surface area contributed by atoms with E-state index in [1.54, 1.807) is 11.3 Å². The van der Waals surface area contributed by atoms with Gasteiger partial charge in [0.15, 0.2) is 0 Å². The summed E-state index contributed by atoms with van der Waals surface area (Å²) in [5.41, 5.74) is 1.91.